The van der Waals surface area contributed by atoms with Crippen LogP contribution in [0.5, 0.6) is 5.75 Å². The molecule has 0 radical (unpaired) electrons. The Kier molecular flexibility index (Phi) is 5.75. The Hall–Kier alpha value is -2.88. The molecule has 0 bridgehead atoms. The molecule has 1 aromatic heterocycles. The van der Waals surface area contributed by atoms with Crippen molar-refractivity contribution >= 4 is 16.8 Å². The van der Waals surface area contributed by atoms with Crippen LogP contribution in [0.1, 0.15) is 48.2 Å². The molecule has 0 N–H and O–H groups in total. The number of hydrogen-bond donors (Lipinski definition) is 0. The molecule has 4 nitrogen and oxygen atoms in total. The average Bonchev–Trinajstić information content (AvgIpc) is 2.68. The number of fused-ring (bicyclic) bond motifs is 1. The summed E-state index contributed by atoms with van der Waals surface area (Å²) in [6, 6.07) is 14.4. The molecular formula is C23H24O4. The number of unbranched alkanes of at least 4 members (excludes halogenated alkanes) is 1. The zero-order chi connectivity index (χ0) is 19.4. The van der Waals surface area contributed by atoms with Gasteiger partial charge >= 0.3 is 5.63 Å². The van der Waals surface area contributed by atoms with Gasteiger partial charge in [-0.3, -0.25) is 4.79 Å². The van der Waals surface area contributed by atoms with Gasteiger partial charge in [-0.25, -0.2) is 4.79 Å². The maximum absolute atomic E-state index is 12.6. The van der Waals surface area contributed by atoms with E-state index in [-0.39, 0.29) is 11.4 Å². The number of hydrogen-bond acceptors (Lipinski definition) is 4. The van der Waals surface area contributed by atoms with Crippen LogP contribution < -0.4 is 10.4 Å². The van der Waals surface area contributed by atoms with Gasteiger partial charge in [-0.1, -0.05) is 43.7 Å². The number of rotatable bonds is 7. The third-order valence-corrected chi connectivity index (χ3v) is 4.73. The Balaban J connectivity index is 1.93. The molecule has 0 saturated heterocycles. The predicted octanol–water partition coefficient (Wildman–Crippen LogP) is 5.09. The minimum Gasteiger partial charge on any atom is -0.482 e. The fourth-order valence-corrected chi connectivity index (χ4v) is 3.19. The molecule has 1 atom stereocenters. The summed E-state index contributed by atoms with van der Waals surface area (Å²) in [4.78, 5) is 24.5. The monoisotopic (exact) mass is 364 g/mol. The second-order valence-electron chi connectivity index (χ2n) is 6.75. The second kappa shape index (κ2) is 8.21. The number of ketones is 1. The van der Waals surface area contributed by atoms with Crippen molar-refractivity contribution in [3.8, 4) is 5.75 Å². The van der Waals surface area contributed by atoms with Crippen molar-refractivity contribution in [3.05, 3.63) is 75.6 Å². The van der Waals surface area contributed by atoms with E-state index in [9.17, 15) is 9.59 Å². The Labute approximate surface area is 158 Å². The van der Waals surface area contributed by atoms with Gasteiger partial charge in [0.05, 0.1) is 0 Å². The molecule has 0 aliphatic carbocycles. The highest BCUT2D eigenvalue weighted by Gasteiger charge is 2.19. The quantitative estimate of drug-likeness (QED) is 0.433. The summed E-state index contributed by atoms with van der Waals surface area (Å²) in [5.74, 6) is 0.461. The lowest BCUT2D eigenvalue weighted by Gasteiger charge is -2.17. The molecule has 0 amide bonds. The number of ether oxygens (including phenoxy) is 1. The second-order valence-corrected chi connectivity index (χ2v) is 6.75. The first-order valence-corrected chi connectivity index (χ1v) is 9.33. The largest absolute Gasteiger partial charge is 0.482 e. The van der Waals surface area contributed by atoms with Crippen molar-refractivity contribution < 1.29 is 13.9 Å². The summed E-state index contributed by atoms with van der Waals surface area (Å²) in [6.45, 7) is 5.70. The first-order valence-electron chi connectivity index (χ1n) is 9.33. The van der Waals surface area contributed by atoms with Crippen molar-refractivity contribution in [3.63, 3.8) is 0 Å². The van der Waals surface area contributed by atoms with E-state index in [1.165, 1.54) is 0 Å². The molecule has 4 heteroatoms. The van der Waals surface area contributed by atoms with Gasteiger partial charge in [-0.2, -0.15) is 0 Å². The van der Waals surface area contributed by atoms with Crippen molar-refractivity contribution in [1.82, 2.24) is 0 Å². The van der Waals surface area contributed by atoms with E-state index < -0.39 is 6.10 Å². The summed E-state index contributed by atoms with van der Waals surface area (Å²) in [5.41, 5.74) is 2.51. The van der Waals surface area contributed by atoms with Crippen molar-refractivity contribution in [1.29, 1.82) is 0 Å². The third kappa shape index (κ3) is 4.11. The van der Waals surface area contributed by atoms with Crippen LogP contribution in [-0.2, 0) is 6.42 Å². The zero-order valence-corrected chi connectivity index (χ0v) is 16.0. The van der Waals surface area contributed by atoms with E-state index in [1.54, 1.807) is 25.1 Å². The number of Topliss-reactive ketones (excluding diaryl/α,β-unsaturated/α-hetero) is 1. The highest BCUT2D eigenvalue weighted by Crippen LogP contribution is 2.30. The molecule has 3 aromatic rings. The fraction of sp³-hybridized carbons (Fsp3) is 0.304. The topological polar surface area (TPSA) is 56.5 Å². The third-order valence-electron chi connectivity index (χ3n) is 4.73. The van der Waals surface area contributed by atoms with Crippen molar-refractivity contribution in [2.75, 3.05) is 0 Å². The Morgan fingerprint density at radius 1 is 1.15 bits per heavy atom. The van der Waals surface area contributed by atoms with Crippen molar-refractivity contribution in [2.45, 2.75) is 46.1 Å². The first-order chi connectivity index (χ1) is 13.0. The molecule has 2 aromatic carbocycles. The Morgan fingerprint density at radius 3 is 2.59 bits per heavy atom. The average molecular weight is 364 g/mol. The van der Waals surface area contributed by atoms with Gasteiger partial charge in [0.1, 0.15) is 11.3 Å². The van der Waals surface area contributed by atoms with Crippen LogP contribution in [0.4, 0.5) is 0 Å². The number of carbonyl (C=O) groups excluding carboxylic acids is 1. The summed E-state index contributed by atoms with van der Waals surface area (Å²) in [6.07, 6.45) is 2.26. The lowest BCUT2D eigenvalue weighted by atomic mass is 10.0. The van der Waals surface area contributed by atoms with Gasteiger partial charge in [0, 0.05) is 22.6 Å². The van der Waals surface area contributed by atoms with Crippen LogP contribution >= 0.6 is 0 Å². The van der Waals surface area contributed by atoms with E-state index in [2.05, 4.69) is 6.92 Å². The molecule has 1 unspecified atom stereocenters. The summed E-state index contributed by atoms with van der Waals surface area (Å²) in [7, 11) is 0. The minimum absolute atomic E-state index is 0.0896. The lowest BCUT2D eigenvalue weighted by molar-refractivity contribution is 0.0817. The Morgan fingerprint density at radius 2 is 1.89 bits per heavy atom. The molecule has 0 aliphatic rings. The van der Waals surface area contributed by atoms with E-state index in [1.807, 2.05) is 37.3 Å². The molecule has 1 heterocycles. The highest BCUT2D eigenvalue weighted by molar-refractivity contribution is 5.99. The lowest BCUT2D eigenvalue weighted by Crippen LogP contribution is -2.24. The van der Waals surface area contributed by atoms with Gasteiger partial charge < -0.3 is 9.15 Å². The van der Waals surface area contributed by atoms with E-state index >= 15 is 0 Å². The number of benzene rings is 2. The van der Waals surface area contributed by atoms with E-state index in [0.717, 1.165) is 35.8 Å². The molecule has 0 fully saturated rings. The molecule has 3 rings (SSSR count). The SMILES string of the molecule is CCCCc1cc(=O)oc2c(C)c(OC(C)C(=O)c3ccccc3)ccc12. The number of aryl methyl sites for hydroxylation is 2. The summed E-state index contributed by atoms with van der Waals surface area (Å²) >= 11 is 0. The van der Waals surface area contributed by atoms with Crippen LogP contribution in [0.2, 0.25) is 0 Å². The molecule has 27 heavy (non-hydrogen) atoms. The fourth-order valence-electron chi connectivity index (χ4n) is 3.19. The standard InChI is InChI=1S/C23H24O4/c1-4-5-9-18-14-21(24)27-23-15(2)20(13-12-19(18)23)26-16(3)22(25)17-10-7-6-8-11-17/h6-8,10-14,16H,4-5,9H2,1-3H3. The van der Waals surface area contributed by atoms with E-state index in [0.29, 0.717) is 16.9 Å². The maximum Gasteiger partial charge on any atom is 0.336 e. The molecule has 140 valence electrons. The molecular weight excluding hydrogens is 340 g/mol. The van der Waals surface area contributed by atoms with E-state index in [4.69, 9.17) is 9.15 Å². The van der Waals surface area contributed by atoms with Crippen LogP contribution in [0, 0.1) is 6.92 Å². The zero-order valence-electron chi connectivity index (χ0n) is 16.0. The van der Waals surface area contributed by atoms with Crippen LogP contribution in [0.15, 0.2) is 57.7 Å². The smallest absolute Gasteiger partial charge is 0.336 e. The predicted molar refractivity (Wildman–Crippen MR) is 107 cm³/mol. The van der Waals surface area contributed by atoms with Gasteiger partial charge in [0.15, 0.2) is 6.10 Å². The number of carbonyl (C=O) groups is 1. The van der Waals surface area contributed by atoms with Gasteiger partial charge in [0.2, 0.25) is 5.78 Å². The molecule has 0 spiro atoms. The minimum atomic E-state index is -0.640. The Bertz CT molecular complexity index is 1000. The molecule has 0 saturated carbocycles. The van der Waals surface area contributed by atoms with Crippen molar-refractivity contribution in [2.24, 2.45) is 0 Å². The normalized spacial score (nSPS) is 12.1. The van der Waals surface area contributed by atoms with Gasteiger partial charge in [0.25, 0.3) is 0 Å². The summed E-state index contributed by atoms with van der Waals surface area (Å²) < 4.78 is 11.4. The summed E-state index contributed by atoms with van der Waals surface area (Å²) in [5, 5.41) is 0.926. The van der Waals surface area contributed by atoms with Gasteiger partial charge in [-0.15, -0.1) is 0 Å². The van der Waals surface area contributed by atoms with Crippen LogP contribution in [-0.4, -0.2) is 11.9 Å². The van der Waals surface area contributed by atoms with Crippen LogP contribution in [0.3, 0.4) is 0 Å². The van der Waals surface area contributed by atoms with Crippen LogP contribution in [0.25, 0.3) is 11.0 Å². The highest BCUT2D eigenvalue weighted by atomic mass is 16.5. The maximum atomic E-state index is 12.6. The van der Waals surface area contributed by atoms with Gasteiger partial charge in [-0.05, 0) is 44.4 Å². The first kappa shape index (κ1) is 18.9. The molecule has 0 aliphatic heterocycles.